The number of imide groups is 1. The number of aryl methyl sites for hydroxylation is 1. The third-order valence-electron chi connectivity index (χ3n) is 7.05. The summed E-state index contributed by atoms with van der Waals surface area (Å²) in [5.74, 6) is -2.70. The number of carbonyl (C=O) groups is 3. The molecule has 0 bridgehead atoms. The van der Waals surface area contributed by atoms with Gasteiger partial charge in [-0.2, -0.15) is 0 Å². The molecule has 1 N–H and O–H groups in total. The van der Waals surface area contributed by atoms with Gasteiger partial charge in [0.05, 0.1) is 26.7 Å². The molecule has 208 valence electrons. The largest absolute Gasteiger partial charge is 0.325 e. The lowest BCUT2D eigenvalue weighted by Crippen LogP contribution is -2.33. The number of nitrogens with zero attached hydrogens (tertiary/aromatic N) is 2. The quantitative estimate of drug-likeness (QED) is 0.235. The van der Waals surface area contributed by atoms with Crippen molar-refractivity contribution in [3.8, 4) is 0 Å². The molecule has 1 aromatic heterocycles. The third kappa shape index (κ3) is 5.06. The van der Waals surface area contributed by atoms with Gasteiger partial charge in [-0.15, -0.1) is 0 Å². The number of carbonyl (C=O) groups excluding carboxylic acids is 3. The van der Waals surface area contributed by atoms with Crippen molar-refractivity contribution >= 4 is 91.3 Å². The molecule has 1 saturated heterocycles. The molecule has 3 atom stereocenters. The molecule has 12 heteroatoms. The summed E-state index contributed by atoms with van der Waals surface area (Å²) in [5.41, 5.74) is 2.60. The van der Waals surface area contributed by atoms with Crippen molar-refractivity contribution in [3.63, 3.8) is 0 Å². The SMILES string of the molecule is Cc1cccc(NC(=O)Cn2c3c(sc2=O)[C@@H](c2cccc(Cl)c2Cl)[C@@H]2C(=O)N(c4ccc(Br)cc4)C(=O)[C@@H]2S3)c1. The number of halogens is 3. The summed E-state index contributed by atoms with van der Waals surface area (Å²) in [6, 6.07) is 19.4. The number of benzene rings is 3. The molecule has 3 heterocycles. The van der Waals surface area contributed by atoms with E-state index in [4.69, 9.17) is 23.2 Å². The van der Waals surface area contributed by atoms with Crippen LogP contribution in [0.1, 0.15) is 21.9 Å². The van der Waals surface area contributed by atoms with E-state index in [2.05, 4.69) is 21.2 Å². The first-order valence-corrected chi connectivity index (χ1v) is 15.7. The van der Waals surface area contributed by atoms with Crippen molar-refractivity contribution in [2.75, 3.05) is 10.2 Å². The van der Waals surface area contributed by atoms with Crippen LogP contribution in [0.25, 0.3) is 0 Å². The number of thioether (sulfide) groups is 1. The average molecular weight is 689 g/mol. The third-order valence-corrected chi connectivity index (χ3v) is 11.0. The number of nitrogens with one attached hydrogen (secondary N) is 1. The van der Waals surface area contributed by atoms with Crippen molar-refractivity contribution in [3.05, 3.63) is 107 Å². The van der Waals surface area contributed by atoms with Gasteiger partial charge in [-0.1, -0.05) is 86.5 Å². The van der Waals surface area contributed by atoms with Gasteiger partial charge >= 0.3 is 4.87 Å². The van der Waals surface area contributed by atoms with E-state index in [1.807, 2.05) is 25.1 Å². The van der Waals surface area contributed by atoms with Crippen molar-refractivity contribution in [2.45, 2.75) is 29.7 Å². The van der Waals surface area contributed by atoms with E-state index in [-0.39, 0.29) is 28.3 Å². The number of thiazole rings is 1. The fourth-order valence-electron chi connectivity index (χ4n) is 5.26. The molecule has 7 nitrogen and oxygen atoms in total. The summed E-state index contributed by atoms with van der Waals surface area (Å²) in [6.07, 6.45) is 0. The van der Waals surface area contributed by atoms with Crippen LogP contribution in [0.15, 0.2) is 81.0 Å². The van der Waals surface area contributed by atoms with Gasteiger partial charge in [0.25, 0.3) is 0 Å². The Labute approximate surface area is 261 Å². The maximum atomic E-state index is 14.0. The van der Waals surface area contributed by atoms with Crippen LogP contribution in [-0.2, 0) is 20.9 Å². The smallest absolute Gasteiger partial charge is 0.308 e. The highest BCUT2D eigenvalue weighted by Gasteiger charge is 2.57. The second kappa shape index (κ2) is 11.1. The zero-order valence-electron chi connectivity index (χ0n) is 21.3. The highest BCUT2D eigenvalue weighted by atomic mass is 79.9. The van der Waals surface area contributed by atoms with Gasteiger partial charge in [0.2, 0.25) is 17.7 Å². The van der Waals surface area contributed by atoms with Crippen LogP contribution in [0.4, 0.5) is 11.4 Å². The predicted octanol–water partition coefficient (Wildman–Crippen LogP) is 6.72. The summed E-state index contributed by atoms with van der Waals surface area (Å²) in [7, 11) is 0. The van der Waals surface area contributed by atoms with E-state index in [9.17, 15) is 19.2 Å². The van der Waals surface area contributed by atoms with Crippen molar-refractivity contribution in [1.82, 2.24) is 4.57 Å². The highest BCUT2D eigenvalue weighted by Crippen LogP contribution is 2.55. The van der Waals surface area contributed by atoms with Crippen LogP contribution in [0, 0.1) is 12.8 Å². The van der Waals surface area contributed by atoms with Crippen LogP contribution in [0.2, 0.25) is 10.0 Å². The number of anilines is 2. The Morgan fingerprint density at radius 1 is 1.00 bits per heavy atom. The molecule has 0 spiro atoms. The van der Waals surface area contributed by atoms with E-state index in [1.54, 1.807) is 48.5 Å². The lowest BCUT2D eigenvalue weighted by atomic mass is 9.83. The van der Waals surface area contributed by atoms with Gasteiger partial charge in [0.1, 0.15) is 11.8 Å². The number of hydrogen-bond donors (Lipinski definition) is 1. The van der Waals surface area contributed by atoms with Gasteiger partial charge in [-0.05, 0) is 60.5 Å². The molecular weight excluding hydrogens is 669 g/mol. The zero-order valence-corrected chi connectivity index (χ0v) is 26.0. The Morgan fingerprint density at radius 2 is 1.73 bits per heavy atom. The zero-order chi connectivity index (χ0) is 29.0. The normalized spacial score (nSPS) is 19.7. The van der Waals surface area contributed by atoms with Crippen molar-refractivity contribution in [1.29, 1.82) is 0 Å². The lowest BCUT2D eigenvalue weighted by Gasteiger charge is -2.31. The maximum absolute atomic E-state index is 14.0. The van der Waals surface area contributed by atoms with Crippen LogP contribution < -0.4 is 15.1 Å². The van der Waals surface area contributed by atoms with Gasteiger partial charge in [0, 0.05) is 21.0 Å². The number of hydrogen-bond acceptors (Lipinski definition) is 6. The van der Waals surface area contributed by atoms with Crippen LogP contribution in [0.3, 0.4) is 0 Å². The van der Waals surface area contributed by atoms with Crippen LogP contribution in [-0.4, -0.2) is 27.5 Å². The molecule has 3 aromatic carbocycles. The van der Waals surface area contributed by atoms with Gasteiger partial charge in [-0.25, -0.2) is 4.90 Å². The molecule has 2 aliphatic rings. The number of aromatic nitrogens is 1. The minimum atomic E-state index is -0.834. The average Bonchev–Trinajstić information content (AvgIpc) is 3.37. The number of rotatable bonds is 5. The monoisotopic (exact) mass is 687 g/mol. The Morgan fingerprint density at radius 3 is 2.46 bits per heavy atom. The van der Waals surface area contributed by atoms with Crippen LogP contribution in [0.5, 0.6) is 0 Å². The first-order valence-electron chi connectivity index (χ1n) is 12.5. The highest BCUT2D eigenvalue weighted by molar-refractivity contribution is 9.10. The Balaban J connectivity index is 1.44. The van der Waals surface area contributed by atoms with Crippen molar-refractivity contribution < 1.29 is 14.4 Å². The van der Waals surface area contributed by atoms with E-state index in [0.29, 0.717) is 31.9 Å². The predicted molar refractivity (Wildman–Crippen MR) is 166 cm³/mol. The second-order valence-electron chi connectivity index (χ2n) is 9.71. The van der Waals surface area contributed by atoms with E-state index < -0.39 is 23.0 Å². The van der Waals surface area contributed by atoms with E-state index in [1.165, 1.54) is 9.47 Å². The Bertz CT molecular complexity index is 1790. The second-order valence-corrected chi connectivity index (χ2v) is 13.5. The van der Waals surface area contributed by atoms with Crippen molar-refractivity contribution in [2.24, 2.45) is 5.92 Å². The molecule has 0 radical (unpaired) electrons. The molecule has 1 fully saturated rings. The minimum Gasteiger partial charge on any atom is -0.325 e. The summed E-state index contributed by atoms with van der Waals surface area (Å²) in [5, 5.41) is 3.02. The lowest BCUT2D eigenvalue weighted by molar-refractivity contribution is -0.122. The van der Waals surface area contributed by atoms with Crippen LogP contribution >= 0.6 is 62.2 Å². The topological polar surface area (TPSA) is 88.5 Å². The molecule has 0 unspecified atom stereocenters. The molecule has 6 rings (SSSR count). The van der Waals surface area contributed by atoms with Gasteiger partial charge < -0.3 is 5.32 Å². The molecular formula is C29H20BrCl2N3O4S2. The minimum absolute atomic E-state index is 0.252. The Hall–Kier alpha value is -2.89. The number of amides is 3. The molecule has 4 aromatic rings. The molecule has 0 saturated carbocycles. The summed E-state index contributed by atoms with van der Waals surface area (Å²) >= 11 is 18.5. The first kappa shape index (κ1) is 28.2. The summed E-state index contributed by atoms with van der Waals surface area (Å²) < 4.78 is 2.18. The fourth-order valence-corrected chi connectivity index (χ4v) is 8.72. The summed E-state index contributed by atoms with van der Waals surface area (Å²) in [4.78, 5) is 55.6. The van der Waals surface area contributed by atoms with Gasteiger partial charge in [-0.3, -0.25) is 23.7 Å². The Kier molecular flexibility index (Phi) is 7.63. The first-order chi connectivity index (χ1) is 19.6. The van der Waals surface area contributed by atoms with E-state index >= 15 is 0 Å². The van der Waals surface area contributed by atoms with Gasteiger partial charge in [0.15, 0.2) is 0 Å². The van der Waals surface area contributed by atoms with E-state index in [0.717, 1.165) is 33.1 Å². The molecule has 3 amide bonds. The summed E-state index contributed by atoms with van der Waals surface area (Å²) in [6.45, 7) is 1.67. The molecule has 41 heavy (non-hydrogen) atoms. The molecule has 0 aliphatic carbocycles. The fraction of sp³-hybridized carbons (Fsp3) is 0.172. The maximum Gasteiger partial charge on any atom is 0.308 e. The standard InChI is InChI=1S/C29H20BrCl2N3O4S2/c1-14-4-2-5-16(12-14)33-20(36)13-34-28-25(41-29(34)39)21(18-6-3-7-19(31)23(18)32)22-24(40-28)27(38)35(26(22)37)17-10-8-15(30)9-11-17/h2-12,21-22,24H,13H2,1H3,(H,33,36)/t21-,22-,24+/m0/s1. The number of fused-ring (bicyclic) bond motifs is 2. The molecule has 2 aliphatic heterocycles.